The van der Waals surface area contributed by atoms with E-state index in [-0.39, 0.29) is 5.43 Å². The molecule has 0 aliphatic carbocycles. The molecule has 1 aromatic heterocycles. The summed E-state index contributed by atoms with van der Waals surface area (Å²) in [7, 11) is 0. The zero-order valence-electron chi connectivity index (χ0n) is 17.0. The highest BCUT2D eigenvalue weighted by Crippen LogP contribution is 2.23. The average Bonchev–Trinajstić information content (AvgIpc) is 2.62. The molecule has 0 saturated carbocycles. The van der Waals surface area contributed by atoms with E-state index in [2.05, 4.69) is 32.9 Å². The molecule has 0 N–H and O–H groups in total. The van der Waals surface area contributed by atoms with Crippen molar-refractivity contribution < 1.29 is 4.42 Å². The molecule has 2 aromatic rings. The van der Waals surface area contributed by atoms with Crippen LogP contribution >= 0.6 is 0 Å². The van der Waals surface area contributed by atoms with Crippen molar-refractivity contribution in [3.8, 4) is 0 Å². The minimum Gasteiger partial charge on any atom is -0.461 e. The summed E-state index contributed by atoms with van der Waals surface area (Å²) in [5.74, 6) is 0.848. The van der Waals surface area contributed by atoms with Crippen LogP contribution in [0.2, 0.25) is 0 Å². The number of rotatable bonds is 12. The van der Waals surface area contributed by atoms with Crippen LogP contribution in [-0.4, -0.2) is 0 Å². The lowest BCUT2D eigenvalue weighted by atomic mass is 9.97. The van der Waals surface area contributed by atoms with Gasteiger partial charge >= 0.3 is 0 Å². The number of fused-ring (bicyclic) bond motifs is 1. The first-order valence-corrected chi connectivity index (χ1v) is 10.8. The zero-order chi connectivity index (χ0) is 18.8. The lowest BCUT2D eigenvalue weighted by molar-refractivity contribution is 0.518. The van der Waals surface area contributed by atoms with Crippen LogP contribution in [0.1, 0.15) is 95.4 Å². The Bertz CT molecular complexity index is 722. The molecule has 144 valence electrons. The average molecular weight is 357 g/mol. The molecule has 0 bridgehead atoms. The number of aryl methyl sites for hydroxylation is 3. The van der Waals surface area contributed by atoms with Crippen LogP contribution < -0.4 is 5.43 Å². The molecular formula is C24H36O2. The molecule has 0 amide bonds. The topological polar surface area (TPSA) is 30.2 Å². The van der Waals surface area contributed by atoms with Crippen LogP contribution in [0, 0.1) is 0 Å². The van der Waals surface area contributed by atoms with Gasteiger partial charge < -0.3 is 4.42 Å². The first kappa shape index (κ1) is 20.7. The highest BCUT2D eigenvalue weighted by Gasteiger charge is 2.12. The molecule has 1 aromatic carbocycles. The smallest absolute Gasteiger partial charge is 0.193 e. The molecule has 0 aliphatic heterocycles. The van der Waals surface area contributed by atoms with Gasteiger partial charge in [0.15, 0.2) is 5.43 Å². The largest absolute Gasteiger partial charge is 0.461 e. The van der Waals surface area contributed by atoms with Crippen molar-refractivity contribution in [3.05, 3.63) is 45.3 Å². The van der Waals surface area contributed by atoms with Gasteiger partial charge in [-0.3, -0.25) is 4.79 Å². The lowest BCUT2D eigenvalue weighted by Crippen LogP contribution is -2.07. The van der Waals surface area contributed by atoms with E-state index in [1.165, 1.54) is 56.1 Å². The highest BCUT2D eigenvalue weighted by atomic mass is 16.3. The molecule has 0 fully saturated rings. The first-order valence-electron chi connectivity index (χ1n) is 10.8. The Balaban J connectivity index is 2.35. The minimum absolute atomic E-state index is 0.143. The van der Waals surface area contributed by atoms with Gasteiger partial charge in [-0.1, -0.05) is 65.4 Å². The maximum Gasteiger partial charge on any atom is 0.193 e. The number of hydrogen-bond donors (Lipinski definition) is 0. The summed E-state index contributed by atoms with van der Waals surface area (Å²) < 4.78 is 6.18. The van der Waals surface area contributed by atoms with Crippen molar-refractivity contribution in [2.75, 3.05) is 0 Å². The van der Waals surface area contributed by atoms with E-state index >= 15 is 0 Å². The van der Waals surface area contributed by atoms with Gasteiger partial charge in [0.1, 0.15) is 11.3 Å². The number of unbranched alkanes of at least 4 members (excludes halogenated alkanes) is 6. The van der Waals surface area contributed by atoms with Gasteiger partial charge in [0.05, 0.1) is 5.39 Å². The molecule has 1 heterocycles. The van der Waals surface area contributed by atoms with Crippen molar-refractivity contribution in [2.45, 2.75) is 97.8 Å². The molecule has 0 saturated heterocycles. The van der Waals surface area contributed by atoms with Gasteiger partial charge in [-0.15, -0.1) is 0 Å². The van der Waals surface area contributed by atoms with E-state index < -0.39 is 0 Å². The summed E-state index contributed by atoms with van der Waals surface area (Å²) in [6.07, 6.45) is 13.6. The molecule has 0 unspecified atom stereocenters. The van der Waals surface area contributed by atoms with Crippen LogP contribution in [0.4, 0.5) is 0 Å². The molecule has 0 spiro atoms. The molecular weight excluding hydrogens is 320 g/mol. The first-order chi connectivity index (χ1) is 12.7. The fourth-order valence-corrected chi connectivity index (χ4v) is 3.64. The monoisotopic (exact) mass is 356 g/mol. The third-order valence-electron chi connectivity index (χ3n) is 5.17. The quantitative estimate of drug-likeness (QED) is 0.384. The van der Waals surface area contributed by atoms with Gasteiger partial charge in [-0.25, -0.2) is 0 Å². The van der Waals surface area contributed by atoms with Crippen molar-refractivity contribution in [2.24, 2.45) is 0 Å². The van der Waals surface area contributed by atoms with Gasteiger partial charge in [-0.2, -0.15) is 0 Å². The van der Waals surface area contributed by atoms with E-state index in [4.69, 9.17) is 4.42 Å². The Morgan fingerprint density at radius 1 is 0.731 bits per heavy atom. The maximum atomic E-state index is 12.8. The van der Waals surface area contributed by atoms with Gasteiger partial charge in [-0.05, 0) is 49.3 Å². The minimum atomic E-state index is 0.143. The van der Waals surface area contributed by atoms with Crippen molar-refractivity contribution >= 4 is 11.0 Å². The van der Waals surface area contributed by atoms with Gasteiger partial charge in [0, 0.05) is 12.5 Å². The molecule has 0 atom stereocenters. The van der Waals surface area contributed by atoms with Crippen LogP contribution in [0.3, 0.4) is 0 Å². The van der Waals surface area contributed by atoms with E-state index in [1.54, 1.807) is 6.07 Å². The summed E-state index contributed by atoms with van der Waals surface area (Å²) >= 11 is 0. The molecule has 0 radical (unpaired) electrons. The SMILES string of the molecule is CCCCCc1cc(CCCCC)c2c(=O)cc(CCCCC)oc2c1. The maximum absolute atomic E-state index is 12.8. The predicted molar refractivity (Wildman–Crippen MR) is 112 cm³/mol. The Kier molecular flexibility index (Phi) is 8.94. The molecule has 0 aliphatic rings. The van der Waals surface area contributed by atoms with Crippen molar-refractivity contribution in [1.82, 2.24) is 0 Å². The molecule has 2 rings (SSSR count). The lowest BCUT2D eigenvalue weighted by Gasteiger charge is -2.11. The third kappa shape index (κ3) is 6.00. The van der Waals surface area contributed by atoms with E-state index in [0.29, 0.717) is 0 Å². The normalized spacial score (nSPS) is 11.3. The van der Waals surface area contributed by atoms with Gasteiger partial charge in [0.2, 0.25) is 0 Å². The van der Waals surface area contributed by atoms with Crippen LogP contribution in [0.5, 0.6) is 0 Å². The number of benzene rings is 1. The van der Waals surface area contributed by atoms with Crippen LogP contribution in [0.25, 0.3) is 11.0 Å². The number of hydrogen-bond acceptors (Lipinski definition) is 2. The van der Waals surface area contributed by atoms with Crippen molar-refractivity contribution in [3.63, 3.8) is 0 Å². The summed E-state index contributed by atoms with van der Waals surface area (Å²) in [4.78, 5) is 12.8. The second-order valence-electron chi connectivity index (χ2n) is 7.58. The fourth-order valence-electron chi connectivity index (χ4n) is 3.64. The summed E-state index contributed by atoms with van der Waals surface area (Å²) in [5.41, 5.74) is 3.47. The van der Waals surface area contributed by atoms with E-state index in [9.17, 15) is 4.79 Å². The predicted octanol–water partition coefficient (Wildman–Crippen LogP) is 6.99. The van der Waals surface area contributed by atoms with Gasteiger partial charge in [0.25, 0.3) is 0 Å². The summed E-state index contributed by atoms with van der Waals surface area (Å²) in [6, 6.07) is 6.12. The molecule has 2 heteroatoms. The Labute approximate surface area is 159 Å². The third-order valence-corrected chi connectivity index (χ3v) is 5.17. The zero-order valence-corrected chi connectivity index (χ0v) is 17.0. The summed E-state index contributed by atoms with van der Waals surface area (Å²) in [6.45, 7) is 6.65. The highest BCUT2D eigenvalue weighted by molar-refractivity contribution is 5.81. The summed E-state index contributed by atoms with van der Waals surface area (Å²) in [5, 5.41) is 0.819. The molecule has 2 nitrogen and oxygen atoms in total. The Hall–Kier alpha value is -1.57. The fraction of sp³-hybridized carbons (Fsp3) is 0.625. The van der Waals surface area contributed by atoms with E-state index in [1.807, 2.05) is 0 Å². The van der Waals surface area contributed by atoms with Crippen molar-refractivity contribution in [1.29, 1.82) is 0 Å². The second-order valence-corrected chi connectivity index (χ2v) is 7.58. The second kappa shape index (κ2) is 11.2. The molecule has 26 heavy (non-hydrogen) atoms. The Morgan fingerprint density at radius 3 is 2.00 bits per heavy atom. The van der Waals surface area contributed by atoms with E-state index in [0.717, 1.165) is 48.8 Å². The Morgan fingerprint density at radius 2 is 1.35 bits per heavy atom. The van der Waals surface area contributed by atoms with Crippen LogP contribution in [-0.2, 0) is 19.3 Å². The van der Waals surface area contributed by atoms with Crippen LogP contribution in [0.15, 0.2) is 27.4 Å². The standard InChI is InChI=1S/C24H36O2/c1-4-7-10-13-19-16-20(14-11-8-5-2)24-22(25)18-21(15-12-9-6-3)26-23(24)17-19/h16-18H,4-15H2,1-3H3.